The molecule has 0 spiro atoms. The molecule has 0 unspecified atom stereocenters. The standard InChI is InChI=1S/C45H41BN2O2/c1-43(2)39-18-12-10-16-35(39)36-27-25-34(29-40(36)43)47(31-14-8-7-9-15-31)32-21-23-33(24-22-32)48-41-19-13-11-17-37(41)38-26-20-30(28-42(38)48)46-49-44(3,4)45(5,6)50-46/h7-29H,1-6H3. The fraction of sp³-hybridized carbons (Fsp3) is 0.200. The van der Waals surface area contributed by atoms with Crippen LogP contribution in [0, 0.1) is 0 Å². The molecule has 1 saturated heterocycles. The van der Waals surface area contributed by atoms with E-state index in [0.29, 0.717) is 0 Å². The first-order valence-corrected chi connectivity index (χ1v) is 17.6. The number of hydrogen-bond acceptors (Lipinski definition) is 3. The van der Waals surface area contributed by atoms with Gasteiger partial charge in [-0.05, 0) is 116 Å². The summed E-state index contributed by atoms with van der Waals surface area (Å²) in [7, 11) is -0.428. The lowest BCUT2D eigenvalue weighted by atomic mass is 9.79. The van der Waals surface area contributed by atoms with E-state index in [1.165, 1.54) is 38.5 Å². The van der Waals surface area contributed by atoms with Crippen molar-refractivity contribution in [3.05, 3.63) is 151 Å². The number of rotatable bonds is 5. The minimum atomic E-state index is -0.428. The van der Waals surface area contributed by atoms with Gasteiger partial charge in [0.1, 0.15) is 0 Å². The van der Waals surface area contributed by atoms with Crippen LogP contribution in [0.5, 0.6) is 0 Å². The van der Waals surface area contributed by atoms with Crippen molar-refractivity contribution < 1.29 is 9.31 Å². The second kappa shape index (κ2) is 11.0. The molecule has 1 aliphatic carbocycles. The minimum absolute atomic E-state index is 0.0797. The van der Waals surface area contributed by atoms with Crippen molar-refractivity contribution >= 4 is 51.4 Å². The minimum Gasteiger partial charge on any atom is -0.399 e. The number of anilines is 3. The van der Waals surface area contributed by atoms with Crippen molar-refractivity contribution in [1.29, 1.82) is 0 Å². The van der Waals surface area contributed by atoms with E-state index in [2.05, 4.69) is 191 Å². The molecular weight excluding hydrogens is 611 g/mol. The van der Waals surface area contributed by atoms with Gasteiger partial charge < -0.3 is 18.8 Å². The molecule has 1 aromatic heterocycles. The summed E-state index contributed by atoms with van der Waals surface area (Å²) in [5.41, 5.74) is 12.3. The molecule has 0 bridgehead atoms. The zero-order chi connectivity index (χ0) is 34.4. The summed E-state index contributed by atoms with van der Waals surface area (Å²) in [6.45, 7) is 13.1. The molecular formula is C45H41BN2O2. The molecule has 5 heteroatoms. The first-order valence-electron chi connectivity index (χ1n) is 17.6. The van der Waals surface area contributed by atoms with Crippen LogP contribution in [0.3, 0.4) is 0 Å². The van der Waals surface area contributed by atoms with Crippen LogP contribution < -0.4 is 10.4 Å². The first-order chi connectivity index (χ1) is 24.0. The number of hydrogen-bond donors (Lipinski definition) is 0. The van der Waals surface area contributed by atoms with Crippen molar-refractivity contribution in [1.82, 2.24) is 4.57 Å². The predicted molar refractivity (Wildman–Crippen MR) is 209 cm³/mol. The van der Waals surface area contributed by atoms with Gasteiger partial charge in [-0.15, -0.1) is 0 Å². The van der Waals surface area contributed by atoms with Crippen molar-refractivity contribution in [3.8, 4) is 16.8 Å². The lowest BCUT2D eigenvalue weighted by Crippen LogP contribution is -2.41. The van der Waals surface area contributed by atoms with Gasteiger partial charge in [-0.2, -0.15) is 0 Å². The predicted octanol–water partition coefficient (Wildman–Crippen LogP) is 10.9. The summed E-state index contributed by atoms with van der Waals surface area (Å²) >= 11 is 0. The largest absolute Gasteiger partial charge is 0.494 e. The molecule has 7 aromatic rings. The second-order valence-corrected chi connectivity index (χ2v) is 15.3. The molecule has 0 atom stereocenters. The SMILES string of the molecule is CC1(C)c2ccccc2-c2ccc(N(c3ccccc3)c3ccc(-n4c5ccccc5c5ccc(B6OC(C)(C)C(C)(C)O6)cc54)cc3)cc21. The van der Waals surface area contributed by atoms with Crippen molar-refractivity contribution in [3.63, 3.8) is 0 Å². The van der Waals surface area contributed by atoms with Crippen LogP contribution in [0.2, 0.25) is 0 Å². The maximum Gasteiger partial charge on any atom is 0.494 e. The Morgan fingerprint density at radius 1 is 0.500 bits per heavy atom. The quantitative estimate of drug-likeness (QED) is 0.173. The average Bonchev–Trinajstić information content (AvgIpc) is 3.66. The summed E-state index contributed by atoms with van der Waals surface area (Å²) in [5.74, 6) is 0. The van der Waals surface area contributed by atoms with Crippen LogP contribution in [-0.2, 0) is 14.7 Å². The Labute approximate surface area is 295 Å². The number of benzene rings is 6. The molecule has 2 aliphatic rings. The van der Waals surface area contributed by atoms with E-state index in [1.807, 2.05) is 0 Å². The van der Waals surface area contributed by atoms with E-state index in [9.17, 15) is 0 Å². The zero-order valence-electron chi connectivity index (χ0n) is 29.6. The third-order valence-electron chi connectivity index (χ3n) is 11.4. The first kappa shape index (κ1) is 30.9. The highest BCUT2D eigenvalue weighted by atomic mass is 16.7. The Balaban J connectivity index is 1.15. The highest BCUT2D eigenvalue weighted by Gasteiger charge is 2.51. The van der Waals surface area contributed by atoms with Gasteiger partial charge in [0.2, 0.25) is 0 Å². The summed E-state index contributed by atoms with van der Waals surface area (Å²) in [4.78, 5) is 2.37. The van der Waals surface area contributed by atoms with E-state index in [0.717, 1.165) is 33.7 Å². The summed E-state index contributed by atoms with van der Waals surface area (Å²) in [6.07, 6.45) is 0. The van der Waals surface area contributed by atoms with Crippen molar-refractivity contribution in [2.75, 3.05) is 4.90 Å². The molecule has 246 valence electrons. The topological polar surface area (TPSA) is 26.6 Å². The third kappa shape index (κ3) is 4.61. The molecule has 2 heterocycles. The van der Waals surface area contributed by atoms with Crippen LogP contribution in [0.1, 0.15) is 52.7 Å². The van der Waals surface area contributed by atoms with Crippen LogP contribution in [0.15, 0.2) is 140 Å². The number of aromatic nitrogens is 1. The Hall–Kier alpha value is -5.10. The van der Waals surface area contributed by atoms with Gasteiger partial charge in [0.15, 0.2) is 0 Å². The van der Waals surface area contributed by atoms with E-state index in [-0.39, 0.29) is 5.41 Å². The van der Waals surface area contributed by atoms with Crippen molar-refractivity contribution in [2.24, 2.45) is 0 Å². The summed E-state index contributed by atoms with van der Waals surface area (Å²) in [5, 5.41) is 2.43. The van der Waals surface area contributed by atoms with E-state index >= 15 is 0 Å². The van der Waals surface area contributed by atoms with Crippen LogP contribution >= 0.6 is 0 Å². The van der Waals surface area contributed by atoms with Gasteiger partial charge in [-0.3, -0.25) is 0 Å². The van der Waals surface area contributed by atoms with Gasteiger partial charge in [0, 0.05) is 38.9 Å². The molecule has 0 N–H and O–H groups in total. The number of para-hydroxylation sites is 2. The van der Waals surface area contributed by atoms with E-state index in [4.69, 9.17) is 9.31 Å². The molecule has 9 rings (SSSR count). The van der Waals surface area contributed by atoms with Crippen LogP contribution in [0.4, 0.5) is 17.1 Å². The molecule has 0 radical (unpaired) electrons. The van der Waals surface area contributed by atoms with Gasteiger partial charge in [-0.1, -0.05) is 92.7 Å². The molecule has 6 aromatic carbocycles. The average molecular weight is 653 g/mol. The summed E-state index contributed by atoms with van der Waals surface area (Å²) < 4.78 is 15.3. The molecule has 0 amide bonds. The van der Waals surface area contributed by atoms with Gasteiger partial charge in [0.05, 0.1) is 22.2 Å². The molecule has 50 heavy (non-hydrogen) atoms. The molecule has 1 aliphatic heterocycles. The van der Waals surface area contributed by atoms with E-state index in [1.54, 1.807) is 0 Å². The Kier molecular flexibility index (Phi) is 6.77. The van der Waals surface area contributed by atoms with Crippen molar-refractivity contribution in [2.45, 2.75) is 58.2 Å². The summed E-state index contributed by atoms with van der Waals surface area (Å²) in [6, 6.07) is 50.7. The maximum atomic E-state index is 6.47. The fourth-order valence-electron chi connectivity index (χ4n) is 8.00. The molecule has 4 nitrogen and oxygen atoms in total. The van der Waals surface area contributed by atoms with Crippen LogP contribution in [0.25, 0.3) is 38.6 Å². The zero-order valence-corrected chi connectivity index (χ0v) is 29.6. The lowest BCUT2D eigenvalue weighted by Gasteiger charge is -2.32. The maximum absolute atomic E-state index is 6.47. The van der Waals surface area contributed by atoms with Gasteiger partial charge in [-0.25, -0.2) is 0 Å². The van der Waals surface area contributed by atoms with Gasteiger partial charge in [0.25, 0.3) is 0 Å². The second-order valence-electron chi connectivity index (χ2n) is 15.3. The van der Waals surface area contributed by atoms with Crippen LogP contribution in [-0.4, -0.2) is 22.9 Å². The number of nitrogens with zero attached hydrogens (tertiary/aromatic N) is 2. The Morgan fingerprint density at radius 3 is 1.86 bits per heavy atom. The van der Waals surface area contributed by atoms with Gasteiger partial charge >= 0.3 is 7.12 Å². The van der Waals surface area contributed by atoms with E-state index < -0.39 is 18.3 Å². The fourth-order valence-corrected chi connectivity index (χ4v) is 8.00. The smallest absolute Gasteiger partial charge is 0.399 e. The molecule has 0 saturated carbocycles. The Bertz CT molecular complexity index is 2410. The lowest BCUT2D eigenvalue weighted by molar-refractivity contribution is 0.00578. The normalized spacial score (nSPS) is 16.9. The highest BCUT2D eigenvalue weighted by Crippen LogP contribution is 2.50. The molecule has 1 fully saturated rings. The highest BCUT2D eigenvalue weighted by molar-refractivity contribution is 6.62. The Morgan fingerprint density at radius 2 is 1.10 bits per heavy atom. The monoisotopic (exact) mass is 652 g/mol. The third-order valence-corrected chi connectivity index (χ3v) is 11.4. The number of fused-ring (bicyclic) bond motifs is 6.